The number of fused-ring (bicyclic) bond motifs is 1. The van der Waals surface area contributed by atoms with Gasteiger partial charge < -0.3 is 24.0 Å². The number of phosphoric acid groups is 1. The average Bonchev–Trinajstić information content (AvgIpc) is 2.94. The van der Waals surface area contributed by atoms with Crippen molar-refractivity contribution in [3.8, 4) is 5.75 Å². The number of phosphoric ester groups is 1. The number of benzene rings is 1. The first kappa shape index (κ1) is 21.9. The van der Waals surface area contributed by atoms with Crippen LogP contribution in [-0.4, -0.2) is 74.3 Å². The maximum atomic E-state index is 12.1. The van der Waals surface area contributed by atoms with Crippen LogP contribution in [-0.2, 0) is 26.8 Å². The van der Waals surface area contributed by atoms with E-state index in [1.54, 1.807) is 7.11 Å². The molecule has 8 nitrogen and oxygen atoms in total. The predicted octanol–water partition coefficient (Wildman–Crippen LogP) is 2.41. The Kier molecular flexibility index (Phi) is 7.85. The average molecular weight is 399 g/mol. The molecule has 0 bridgehead atoms. The molecule has 0 fully saturated rings. The third kappa shape index (κ3) is 6.60. The lowest BCUT2D eigenvalue weighted by Crippen LogP contribution is -2.17. The summed E-state index contributed by atoms with van der Waals surface area (Å²) in [5, 5.41) is 1.04. The van der Waals surface area contributed by atoms with Crippen LogP contribution in [0.2, 0.25) is 0 Å². The van der Waals surface area contributed by atoms with E-state index >= 15 is 0 Å². The van der Waals surface area contributed by atoms with Gasteiger partial charge in [-0.05, 0) is 58.4 Å². The van der Waals surface area contributed by atoms with E-state index in [-0.39, 0.29) is 13.3 Å². The minimum atomic E-state index is -4.11. The molecule has 0 aliphatic carbocycles. The highest BCUT2D eigenvalue weighted by Gasteiger charge is 2.22. The topological polar surface area (TPSA) is 76.4 Å². The van der Waals surface area contributed by atoms with Crippen LogP contribution >= 0.6 is 7.82 Å². The molecule has 1 N–H and O–H groups in total. The van der Waals surface area contributed by atoms with Gasteiger partial charge in [0.1, 0.15) is 12.5 Å². The molecule has 0 radical (unpaired) electrons. The monoisotopic (exact) mass is 399 g/mol. The quantitative estimate of drug-likeness (QED) is 0.582. The molecule has 27 heavy (non-hydrogen) atoms. The van der Waals surface area contributed by atoms with Crippen molar-refractivity contribution in [3.05, 3.63) is 30.0 Å². The Morgan fingerprint density at radius 3 is 2.44 bits per heavy atom. The molecule has 0 saturated heterocycles. The lowest BCUT2D eigenvalue weighted by Gasteiger charge is -2.15. The SMILES string of the molecule is COc1ccc2c(c1)c(CCN(C)C)cn2COP(=O)(O)OCCN(C)C. The molecule has 0 aliphatic rings. The van der Waals surface area contributed by atoms with Crippen LogP contribution in [0, 0.1) is 0 Å². The predicted molar refractivity (Wildman–Crippen MR) is 106 cm³/mol. The summed E-state index contributed by atoms with van der Waals surface area (Å²) in [6.45, 7) is 1.48. The molecule has 2 aromatic rings. The van der Waals surface area contributed by atoms with E-state index in [9.17, 15) is 9.46 Å². The van der Waals surface area contributed by atoms with Gasteiger partial charge in [-0.3, -0.25) is 9.05 Å². The van der Waals surface area contributed by atoms with Crippen LogP contribution < -0.4 is 4.74 Å². The maximum Gasteiger partial charge on any atom is 0.473 e. The second kappa shape index (κ2) is 9.68. The second-order valence-corrected chi connectivity index (χ2v) is 8.38. The maximum absolute atomic E-state index is 12.1. The number of hydrogen-bond donors (Lipinski definition) is 1. The van der Waals surface area contributed by atoms with Gasteiger partial charge in [-0.15, -0.1) is 0 Å². The summed E-state index contributed by atoms with van der Waals surface area (Å²) < 4.78 is 29.4. The molecule has 1 atom stereocenters. The van der Waals surface area contributed by atoms with Gasteiger partial charge in [-0.25, -0.2) is 4.57 Å². The third-order valence-corrected chi connectivity index (χ3v) is 5.10. The molecule has 1 aromatic carbocycles. The normalized spacial score (nSPS) is 14.2. The molecule has 1 unspecified atom stereocenters. The van der Waals surface area contributed by atoms with Gasteiger partial charge >= 0.3 is 7.82 Å². The smallest absolute Gasteiger partial charge is 0.473 e. The van der Waals surface area contributed by atoms with Crippen molar-refractivity contribution in [2.45, 2.75) is 13.2 Å². The standard InChI is InChI=1S/C18H30N3O5P/c1-19(2)9-8-15-13-21(18-7-6-16(24-5)12-17(15)18)14-26-27(22,23)25-11-10-20(3)4/h6-7,12-13H,8-11,14H2,1-5H3,(H,22,23). The van der Waals surface area contributed by atoms with Crippen molar-refractivity contribution >= 4 is 18.7 Å². The number of rotatable bonds is 11. The largest absolute Gasteiger partial charge is 0.497 e. The minimum absolute atomic E-state index is 0.0689. The fourth-order valence-corrected chi connectivity index (χ4v) is 3.30. The molecular weight excluding hydrogens is 369 g/mol. The summed E-state index contributed by atoms with van der Waals surface area (Å²) in [5.41, 5.74) is 2.04. The number of ether oxygens (including phenoxy) is 1. The van der Waals surface area contributed by atoms with Crippen molar-refractivity contribution in [2.24, 2.45) is 0 Å². The highest BCUT2D eigenvalue weighted by Crippen LogP contribution is 2.43. The summed E-state index contributed by atoms with van der Waals surface area (Å²) in [5.74, 6) is 0.770. The number of methoxy groups -OCH3 is 1. The van der Waals surface area contributed by atoms with E-state index in [4.69, 9.17) is 13.8 Å². The number of aromatic nitrogens is 1. The van der Waals surface area contributed by atoms with Gasteiger partial charge in [-0.1, -0.05) is 0 Å². The van der Waals surface area contributed by atoms with Crippen LogP contribution in [0.25, 0.3) is 10.9 Å². The molecule has 9 heteroatoms. The number of likely N-dealkylation sites (N-methyl/N-ethyl adjacent to an activating group) is 2. The molecule has 0 amide bonds. The number of nitrogens with zero attached hydrogens (tertiary/aromatic N) is 3. The molecule has 1 aromatic heterocycles. The van der Waals surface area contributed by atoms with Crippen LogP contribution in [0.3, 0.4) is 0 Å². The zero-order chi connectivity index (χ0) is 20.0. The molecule has 1 heterocycles. The summed E-state index contributed by atoms with van der Waals surface area (Å²) in [6.07, 6.45) is 2.80. The van der Waals surface area contributed by atoms with E-state index in [0.717, 1.165) is 35.2 Å². The van der Waals surface area contributed by atoms with Crippen molar-refractivity contribution < 1.29 is 23.2 Å². The third-order valence-electron chi connectivity index (χ3n) is 4.15. The van der Waals surface area contributed by atoms with Gasteiger partial charge in [0.25, 0.3) is 0 Å². The van der Waals surface area contributed by atoms with Crippen molar-refractivity contribution in [1.82, 2.24) is 14.4 Å². The summed E-state index contributed by atoms with van der Waals surface area (Å²) in [6, 6.07) is 5.76. The van der Waals surface area contributed by atoms with Gasteiger partial charge in [0, 0.05) is 24.7 Å². The Morgan fingerprint density at radius 2 is 1.81 bits per heavy atom. The van der Waals surface area contributed by atoms with Crippen molar-refractivity contribution in [1.29, 1.82) is 0 Å². The van der Waals surface area contributed by atoms with E-state index in [2.05, 4.69) is 4.90 Å². The summed E-state index contributed by atoms with van der Waals surface area (Å²) in [7, 11) is 5.30. The number of hydrogen-bond acceptors (Lipinski definition) is 6. The van der Waals surface area contributed by atoms with Crippen LogP contribution in [0.1, 0.15) is 5.56 Å². The molecular formula is C18H30N3O5P. The van der Waals surface area contributed by atoms with Crippen LogP contribution in [0.15, 0.2) is 24.4 Å². The highest BCUT2D eigenvalue weighted by atomic mass is 31.2. The molecule has 152 valence electrons. The zero-order valence-electron chi connectivity index (χ0n) is 16.7. The van der Waals surface area contributed by atoms with Gasteiger partial charge in [-0.2, -0.15) is 0 Å². The lowest BCUT2D eigenvalue weighted by atomic mass is 10.1. The Balaban J connectivity index is 2.16. The van der Waals surface area contributed by atoms with E-state index in [1.165, 1.54) is 0 Å². The van der Waals surface area contributed by atoms with Crippen LogP contribution in [0.5, 0.6) is 5.75 Å². The Morgan fingerprint density at radius 1 is 1.11 bits per heavy atom. The first-order valence-electron chi connectivity index (χ1n) is 8.79. The van der Waals surface area contributed by atoms with Gasteiger partial charge in [0.05, 0.1) is 19.2 Å². The van der Waals surface area contributed by atoms with Crippen LogP contribution in [0.4, 0.5) is 0 Å². The van der Waals surface area contributed by atoms with E-state index < -0.39 is 7.82 Å². The Labute approximate surface area is 160 Å². The molecule has 0 saturated carbocycles. The molecule has 2 rings (SSSR count). The van der Waals surface area contributed by atoms with Gasteiger partial charge in [0.15, 0.2) is 0 Å². The Bertz CT molecular complexity index is 791. The molecule has 0 aliphatic heterocycles. The van der Waals surface area contributed by atoms with Gasteiger partial charge in [0.2, 0.25) is 0 Å². The van der Waals surface area contributed by atoms with Crippen molar-refractivity contribution in [2.75, 3.05) is 55.0 Å². The Hall–Kier alpha value is -1.41. The zero-order valence-corrected chi connectivity index (χ0v) is 17.6. The fraction of sp³-hybridized carbons (Fsp3) is 0.556. The highest BCUT2D eigenvalue weighted by molar-refractivity contribution is 7.47. The lowest BCUT2D eigenvalue weighted by molar-refractivity contribution is 0.115. The van der Waals surface area contributed by atoms with E-state index in [0.29, 0.717) is 6.54 Å². The summed E-state index contributed by atoms with van der Waals surface area (Å²) >= 11 is 0. The summed E-state index contributed by atoms with van der Waals surface area (Å²) in [4.78, 5) is 13.9. The molecule has 0 spiro atoms. The minimum Gasteiger partial charge on any atom is -0.497 e. The first-order chi connectivity index (χ1) is 12.7. The van der Waals surface area contributed by atoms with Crippen molar-refractivity contribution in [3.63, 3.8) is 0 Å². The first-order valence-corrected chi connectivity index (χ1v) is 10.3. The van der Waals surface area contributed by atoms with E-state index in [1.807, 2.05) is 62.1 Å². The fourth-order valence-electron chi connectivity index (χ4n) is 2.64. The second-order valence-electron chi connectivity index (χ2n) is 6.92.